The number of nitrogens with zero attached hydrogens (tertiary/aromatic N) is 1. The molecule has 36 heavy (non-hydrogen) atoms. The van der Waals surface area contributed by atoms with Crippen molar-refractivity contribution in [3.8, 4) is 5.75 Å². The van der Waals surface area contributed by atoms with Gasteiger partial charge < -0.3 is 36.4 Å². The number of benzene rings is 1. The van der Waals surface area contributed by atoms with Gasteiger partial charge in [0.25, 0.3) is 5.91 Å². The Hall–Kier alpha value is -3.77. The number of primary amides is 1. The summed E-state index contributed by atoms with van der Waals surface area (Å²) in [5.41, 5.74) is 0.767. The minimum absolute atomic E-state index is 0.0345. The van der Waals surface area contributed by atoms with E-state index in [0.29, 0.717) is 0 Å². The van der Waals surface area contributed by atoms with Crippen molar-refractivity contribution >= 4 is 29.1 Å². The maximum atomic E-state index is 15.5. The summed E-state index contributed by atoms with van der Waals surface area (Å²) in [7, 11) is 3.38. The van der Waals surface area contributed by atoms with Crippen LogP contribution in [0.3, 0.4) is 0 Å². The molecule has 4 rings (SSSR count). The molecule has 3 aliphatic rings. The highest BCUT2D eigenvalue weighted by atomic mass is 19.1. The molecule has 0 aliphatic heterocycles. The maximum absolute atomic E-state index is 15.5. The molecule has 11 nitrogen and oxygen atoms in total. The Morgan fingerprint density at radius 1 is 1.22 bits per heavy atom. The van der Waals surface area contributed by atoms with Gasteiger partial charge in [-0.3, -0.25) is 19.2 Å². The molecule has 0 spiro atoms. The quantitative estimate of drug-likeness (QED) is 0.294. The van der Waals surface area contributed by atoms with Gasteiger partial charge >= 0.3 is 0 Å². The molecule has 12 heteroatoms. The maximum Gasteiger partial charge on any atom is 0.255 e. The summed E-state index contributed by atoms with van der Waals surface area (Å²) in [4.78, 5) is 51.0. The van der Waals surface area contributed by atoms with Crippen LogP contribution in [0.1, 0.15) is 29.5 Å². The molecule has 0 radical (unpaired) electrons. The van der Waals surface area contributed by atoms with Gasteiger partial charge in [-0.25, -0.2) is 4.39 Å². The number of hydrogen-bond donors (Lipinski definition) is 6. The molecule has 192 valence electrons. The lowest BCUT2D eigenvalue weighted by Crippen LogP contribution is -2.58. The van der Waals surface area contributed by atoms with Crippen molar-refractivity contribution in [2.45, 2.75) is 31.4 Å². The Bertz CT molecular complexity index is 1280. The van der Waals surface area contributed by atoms with Crippen LogP contribution in [0.4, 0.5) is 4.39 Å². The summed E-state index contributed by atoms with van der Waals surface area (Å²) in [5.74, 6) is -8.96. The number of hydrogen-bond acceptors (Lipinski definition) is 9. The smallest absolute Gasteiger partial charge is 0.255 e. The monoisotopic (exact) mass is 503 g/mol. The number of aliphatic hydroxyl groups is 3. The molecule has 0 saturated heterocycles. The number of aliphatic hydroxyl groups excluding tert-OH is 2. The second-order valence-electron chi connectivity index (χ2n) is 9.64. The number of phenolic OH excluding ortho intramolecular Hbond substituents is 1. The van der Waals surface area contributed by atoms with Gasteiger partial charge in [0.1, 0.15) is 28.7 Å². The van der Waals surface area contributed by atoms with E-state index in [-0.39, 0.29) is 54.1 Å². The Balaban J connectivity index is 1.77. The van der Waals surface area contributed by atoms with Gasteiger partial charge in [0.05, 0.1) is 12.1 Å². The zero-order valence-electron chi connectivity index (χ0n) is 19.6. The molecule has 1 unspecified atom stereocenters. The molecule has 7 N–H and O–H groups in total. The molecular formula is C24H26FN3O8. The number of nitrogens with two attached hydrogens (primary N) is 1. The van der Waals surface area contributed by atoms with E-state index in [1.807, 2.05) is 0 Å². The third-order valence-electron chi connectivity index (χ3n) is 7.01. The lowest BCUT2D eigenvalue weighted by Gasteiger charge is -2.46. The van der Waals surface area contributed by atoms with E-state index < -0.39 is 70.0 Å². The normalized spacial score (nSPS) is 25.5. The number of ketones is 2. The molecule has 2 amide bonds. The van der Waals surface area contributed by atoms with Crippen LogP contribution in [0.15, 0.2) is 23.0 Å². The van der Waals surface area contributed by atoms with Crippen molar-refractivity contribution in [3.63, 3.8) is 0 Å². The summed E-state index contributed by atoms with van der Waals surface area (Å²) >= 11 is 0. The molecule has 1 aromatic carbocycles. The number of nitrogens with one attached hydrogen (secondary N) is 1. The Morgan fingerprint density at radius 3 is 2.50 bits per heavy atom. The van der Waals surface area contributed by atoms with Crippen LogP contribution in [0.2, 0.25) is 0 Å². The molecule has 0 bridgehead atoms. The van der Waals surface area contributed by atoms with Gasteiger partial charge in [-0.2, -0.15) is 0 Å². The minimum atomic E-state index is -2.68. The van der Waals surface area contributed by atoms with E-state index in [9.17, 15) is 39.6 Å². The Morgan fingerprint density at radius 2 is 1.89 bits per heavy atom. The van der Waals surface area contributed by atoms with Crippen LogP contribution in [0.25, 0.3) is 5.76 Å². The van der Waals surface area contributed by atoms with E-state index in [2.05, 4.69) is 5.32 Å². The Labute approximate surface area is 204 Å². The minimum Gasteiger partial charge on any atom is -0.508 e. The molecule has 0 heterocycles. The number of carbonyl (C=O) groups is 4. The van der Waals surface area contributed by atoms with Crippen molar-refractivity contribution < 1.29 is 44.0 Å². The van der Waals surface area contributed by atoms with Gasteiger partial charge in [0.15, 0.2) is 11.4 Å². The zero-order chi connectivity index (χ0) is 26.7. The van der Waals surface area contributed by atoms with Crippen LogP contribution in [-0.4, -0.2) is 74.9 Å². The highest BCUT2D eigenvalue weighted by Gasteiger charge is 2.60. The number of halogens is 1. The second-order valence-corrected chi connectivity index (χ2v) is 9.64. The third-order valence-corrected chi connectivity index (χ3v) is 7.01. The summed E-state index contributed by atoms with van der Waals surface area (Å²) < 4.78 is 15.5. The summed E-state index contributed by atoms with van der Waals surface area (Å²) in [6.07, 6.45) is -0.728. The first kappa shape index (κ1) is 25.3. The van der Waals surface area contributed by atoms with E-state index in [1.165, 1.54) is 0 Å². The predicted octanol–water partition coefficient (Wildman–Crippen LogP) is -0.259. The number of Topliss-reactive ketones (excluding diaryl/α,β-unsaturated/α-hetero) is 2. The van der Waals surface area contributed by atoms with Crippen molar-refractivity contribution in [1.29, 1.82) is 0 Å². The zero-order valence-corrected chi connectivity index (χ0v) is 19.6. The lowest BCUT2D eigenvalue weighted by molar-refractivity contribution is -0.147. The number of likely N-dealkylation sites (N-methyl/N-ethyl adjacent to an activating group) is 1. The van der Waals surface area contributed by atoms with Gasteiger partial charge in [0.2, 0.25) is 11.7 Å². The number of rotatable bonds is 5. The van der Waals surface area contributed by atoms with Crippen LogP contribution < -0.4 is 11.1 Å². The fraction of sp³-hybridized carbons (Fsp3) is 0.417. The highest BCUT2D eigenvalue weighted by molar-refractivity contribution is 6.22. The second kappa shape index (κ2) is 8.71. The number of aromatic hydroxyl groups is 1. The fourth-order valence-electron chi connectivity index (χ4n) is 5.39. The molecular weight excluding hydrogens is 477 g/mol. The predicted molar refractivity (Wildman–Crippen MR) is 122 cm³/mol. The molecule has 0 aromatic heterocycles. The SMILES string of the molecule is CN(C)CC(=O)NCc1cc(O)c2c(c1F)CC1C[C@H]3CC(=O)C(C(N)=O)=C(O)[C@@]3(O)C(=O)C1=C2O. The van der Waals surface area contributed by atoms with Gasteiger partial charge in [-0.1, -0.05) is 0 Å². The van der Waals surface area contributed by atoms with Crippen LogP contribution >= 0.6 is 0 Å². The van der Waals surface area contributed by atoms with E-state index in [4.69, 9.17) is 5.73 Å². The average Bonchev–Trinajstić information content (AvgIpc) is 2.76. The van der Waals surface area contributed by atoms with Crippen LogP contribution in [0, 0.1) is 17.7 Å². The largest absolute Gasteiger partial charge is 0.508 e. The Kier molecular flexibility index (Phi) is 6.13. The van der Waals surface area contributed by atoms with E-state index in [1.54, 1.807) is 19.0 Å². The van der Waals surface area contributed by atoms with Gasteiger partial charge in [0, 0.05) is 35.6 Å². The van der Waals surface area contributed by atoms with E-state index in [0.717, 1.165) is 6.07 Å². The first-order chi connectivity index (χ1) is 16.8. The number of fused-ring (bicyclic) bond motifs is 3. The van der Waals surface area contributed by atoms with Crippen molar-refractivity contribution in [1.82, 2.24) is 10.2 Å². The lowest BCUT2D eigenvalue weighted by atomic mass is 9.59. The average molecular weight is 503 g/mol. The van der Waals surface area contributed by atoms with Crippen LogP contribution in [-0.2, 0) is 32.1 Å². The molecule has 1 fully saturated rings. The number of phenols is 1. The summed E-state index contributed by atoms with van der Waals surface area (Å²) in [6.45, 7) is -0.164. The summed E-state index contributed by atoms with van der Waals surface area (Å²) in [6, 6.07) is 1.02. The van der Waals surface area contributed by atoms with Crippen molar-refractivity contribution in [2.75, 3.05) is 20.6 Å². The first-order valence-electron chi connectivity index (χ1n) is 11.2. The van der Waals surface area contributed by atoms with Crippen molar-refractivity contribution in [2.24, 2.45) is 17.6 Å². The standard InChI is InChI=1S/C24H26FN3O8/c1-28(2)8-15(31)27-7-10-5-13(29)17-12(19(10)25)4-9-3-11-6-14(30)18(23(26)35)22(34)24(11,36)21(33)16(9)20(17)32/h5,9,11,29,32,34,36H,3-4,6-8H2,1-2H3,(H2,26,35)(H,27,31)/t9?,11-,24-/m0/s1. The molecule has 1 saturated carbocycles. The topological polar surface area (TPSA) is 190 Å². The van der Waals surface area contributed by atoms with Gasteiger partial charge in [-0.05, 0) is 38.9 Å². The van der Waals surface area contributed by atoms with Gasteiger partial charge in [-0.15, -0.1) is 0 Å². The molecule has 3 atom stereocenters. The highest BCUT2D eigenvalue weighted by Crippen LogP contribution is 2.52. The molecule has 1 aromatic rings. The number of amides is 2. The van der Waals surface area contributed by atoms with E-state index >= 15 is 4.39 Å². The number of carbonyl (C=O) groups excluding carboxylic acids is 4. The molecule has 3 aliphatic carbocycles. The van der Waals surface area contributed by atoms with Crippen LogP contribution in [0.5, 0.6) is 5.75 Å². The summed E-state index contributed by atoms with van der Waals surface area (Å²) in [5, 5.41) is 45.8. The third kappa shape index (κ3) is 3.73. The first-order valence-corrected chi connectivity index (χ1v) is 11.2. The van der Waals surface area contributed by atoms with Crippen molar-refractivity contribution in [3.05, 3.63) is 45.5 Å². The fourth-order valence-corrected chi connectivity index (χ4v) is 5.39.